The highest BCUT2D eigenvalue weighted by atomic mass is 16.3. The second-order valence-electron chi connectivity index (χ2n) is 6.57. The predicted molar refractivity (Wildman–Crippen MR) is 91.1 cm³/mol. The fourth-order valence-corrected chi connectivity index (χ4v) is 2.81. The number of aliphatic hydroxyl groups excluding tert-OH is 1. The Morgan fingerprint density at radius 1 is 0.810 bits per heavy atom. The van der Waals surface area contributed by atoms with Crippen molar-refractivity contribution in [2.75, 3.05) is 0 Å². The van der Waals surface area contributed by atoms with Crippen LogP contribution < -0.4 is 0 Å². The molecular formula is C19H37NO. The molecule has 2 atom stereocenters. The molecule has 124 valence electrons. The molecule has 0 saturated carbocycles. The van der Waals surface area contributed by atoms with Crippen molar-refractivity contribution < 1.29 is 5.11 Å². The maximum absolute atomic E-state index is 10.2. The Balaban J connectivity index is 3.36. The molecule has 2 heteroatoms. The first-order valence-electron chi connectivity index (χ1n) is 9.27. The first-order valence-corrected chi connectivity index (χ1v) is 9.27. The normalized spacial score (nSPS) is 13.8. The molecule has 0 aliphatic carbocycles. The van der Waals surface area contributed by atoms with Gasteiger partial charge in [-0.15, -0.1) is 0 Å². The molecule has 2 nitrogen and oxygen atoms in total. The molecule has 0 aliphatic heterocycles. The summed E-state index contributed by atoms with van der Waals surface area (Å²) >= 11 is 0. The van der Waals surface area contributed by atoms with E-state index in [0.29, 0.717) is 12.3 Å². The van der Waals surface area contributed by atoms with Gasteiger partial charge >= 0.3 is 0 Å². The van der Waals surface area contributed by atoms with Crippen molar-refractivity contribution in [1.29, 1.82) is 5.26 Å². The molecule has 0 radical (unpaired) electrons. The van der Waals surface area contributed by atoms with Crippen LogP contribution in [0.3, 0.4) is 0 Å². The largest absolute Gasteiger partial charge is 0.393 e. The molecule has 0 aromatic carbocycles. The maximum atomic E-state index is 10.2. The summed E-state index contributed by atoms with van der Waals surface area (Å²) in [4.78, 5) is 0. The third kappa shape index (κ3) is 14.2. The van der Waals surface area contributed by atoms with E-state index < -0.39 is 0 Å². The van der Waals surface area contributed by atoms with Gasteiger partial charge in [0.25, 0.3) is 0 Å². The summed E-state index contributed by atoms with van der Waals surface area (Å²) in [5.41, 5.74) is 0. The van der Waals surface area contributed by atoms with Gasteiger partial charge in [0.1, 0.15) is 0 Å². The van der Waals surface area contributed by atoms with E-state index in [9.17, 15) is 5.11 Å². The van der Waals surface area contributed by atoms with Crippen molar-refractivity contribution >= 4 is 0 Å². The molecular weight excluding hydrogens is 258 g/mol. The van der Waals surface area contributed by atoms with Gasteiger partial charge in [-0.25, -0.2) is 0 Å². The predicted octanol–water partition coefficient (Wildman–Crippen LogP) is 5.99. The second-order valence-corrected chi connectivity index (χ2v) is 6.57. The average Bonchev–Trinajstić information content (AvgIpc) is 2.49. The van der Waals surface area contributed by atoms with Gasteiger partial charge in [-0.1, -0.05) is 78.1 Å². The van der Waals surface area contributed by atoms with Crippen molar-refractivity contribution in [3.05, 3.63) is 0 Å². The summed E-state index contributed by atoms with van der Waals surface area (Å²) in [6.07, 6.45) is 16.5. The molecule has 0 saturated heterocycles. The van der Waals surface area contributed by atoms with E-state index in [2.05, 4.69) is 19.9 Å². The second kappa shape index (κ2) is 15.8. The van der Waals surface area contributed by atoms with E-state index in [-0.39, 0.29) is 6.10 Å². The topological polar surface area (TPSA) is 44.0 Å². The molecule has 0 rings (SSSR count). The quantitative estimate of drug-likeness (QED) is 0.377. The smallest absolute Gasteiger partial charge is 0.0621 e. The molecule has 0 fully saturated rings. The highest BCUT2D eigenvalue weighted by molar-refractivity contribution is 4.68. The number of hydrogen-bond acceptors (Lipinski definition) is 2. The van der Waals surface area contributed by atoms with E-state index in [1.165, 1.54) is 57.8 Å². The van der Waals surface area contributed by atoms with Crippen molar-refractivity contribution in [2.45, 2.75) is 110 Å². The number of unbranched alkanes of at least 4 members (excludes halogenated alkanes) is 10. The fraction of sp³-hybridized carbons (Fsp3) is 0.947. The SMILES string of the molecule is CCCCCCCC[C@@H](C)[C@H](O)CCCCCCCC#N. The molecule has 21 heavy (non-hydrogen) atoms. The Kier molecular flexibility index (Phi) is 15.4. The lowest BCUT2D eigenvalue weighted by molar-refractivity contribution is 0.0985. The molecule has 0 amide bonds. The summed E-state index contributed by atoms with van der Waals surface area (Å²) in [5.74, 6) is 0.453. The van der Waals surface area contributed by atoms with E-state index >= 15 is 0 Å². The highest BCUT2D eigenvalue weighted by Gasteiger charge is 2.13. The fourth-order valence-electron chi connectivity index (χ4n) is 2.81. The summed E-state index contributed by atoms with van der Waals surface area (Å²) in [5, 5.41) is 18.6. The van der Waals surface area contributed by atoms with Crippen LogP contribution in [0.2, 0.25) is 0 Å². The summed E-state index contributed by atoms with van der Waals surface area (Å²) < 4.78 is 0. The maximum Gasteiger partial charge on any atom is 0.0621 e. The lowest BCUT2D eigenvalue weighted by atomic mass is 9.93. The summed E-state index contributed by atoms with van der Waals surface area (Å²) in [6, 6.07) is 2.19. The van der Waals surface area contributed by atoms with Gasteiger partial charge < -0.3 is 5.11 Å². The first kappa shape index (κ1) is 20.5. The van der Waals surface area contributed by atoms with Crippen molar-refractivity contribution in [1.82, 2.24) is 0 Å². The standard InChI is InChI=1S/C19H37NO/c1-3-4-5-6-9-12-15-18(2)19(21)16-13-10-7-8-11-14-17-20/h18-19,21H,3-16H2,1-2H3/t18-,19-/m1/s1. The van der Waals surface area contributed by atoms with Gasteiger partial charge in [-0.3, -0.25) is 0 Å². The van der Waals surface area contributed by atoms with Crippen LogP contribution in [0.15, 0.2) is 0 Å². The minimum Gasteiger partial charge on any atom is -0.393 e. The Bertz CT molecular complexity index is 246. The van der Waals surface area contributed by atoms with Crippen LogP contribution in [0.1, 0.15) is 104 Å². The third-order valence-corrected chi connectivity index (χ3v) is 4.46. The van der Waals surface area contributed by atoms with Gasteiger partial charge in [0.05, 0.1) is 12.2 Å². The summed E-state index contributed by atoms with van der Waals surface area (Å²) in [6.45, 7) is 4.45. The average molecular weight is 296 g/mol. The van der Waals surface area contributed by atoms with Gasteiger partial charge in [0.15, 0.2) is 0 Å². The molecule has 0 unspecified atom stereocenters. The monoisotopic (exact) mass is 295 g/mol. The van der Waals surface area contributed by atoms with E-state index in [0.717, 1.165) is 25.7 Å². The van der Waals surface area contributed by atoms with Crippen LogP contribution in [0, 0.1) is 17.2 Å². The number of rotatable bonds is 15. The molecule has 0 heterocycles. The molecule has 0 bridgehead atoms. The van der Waals surface area contributed by atoms with Crippen LogP contribution in [-0.2, 0) is 0 Å². The van der Waals surface area contributed by atoms with E-state index in [1.54, 1.807) is 0 Å². The third-order valence-electron chi connectivity index (χ3n) is 4.46. The number of nitrogens with zero attached hydrogens (tertiary/aromatic N) is 1. The minimum atomic E-state index is -0.111. The van der Waals surface area contributed by atoms with Crippen molar-refractivity contribution in [3.8, 4) is 6.07 Å². The van der Waals surface area contributed by atoms with Crippen molar-refractivity contribution in [2.24, 2.45) is 5.92 Å². The summed E-state index contributed by atoms with van der Waals surface area (Å²) in [7, 11) is 0. The lowest BCUT2D eigenvalue weighted by Crippen LogP contribution is -2.17. The first-order chi connectivity index (χ1) is 10.2. The van der Waals surface area contributed by atoms with Crippen LogP contribution >= 0.6 is 0 Å². The zero-order chi connectivity index (χ0) is 15.8. The van der Waals surface area contributed by atoms with Gasteiger partial charge in [0.2, 0.25) is 0 Å². The molecule has 0 aliphatic rings. The van der Waals surface area contributed by atoms with Crippen LogP contribution in [0.4, 0.5) is 0 Å². The van der Waals surface area contributed by atoms with Gasteiger partial charge in [0, 0.05) is 6.42 Å². The Hall–Kier alpha value is -0.550. The number of nitriles is 1. The van der Waals surface area contributed by atoms with E-state index in [4.69, 9.17) is 5.26 Å². The Labute approximate surface area is 132 Å². The molecule has 0 aromatic heterocycles. The zero-order valence-electron chi connectivity index (χ0n) is 14.4. The lowest BCUT2D eigenvalue weighted by Gasteiger charge is -2.18. The van der Waals surface area contributed by atoms with Crippen LogP contribution in [0.5, 0.6) is 0 Å². The van der Waals surface area contributed by atoms with Crippen LogP contribution in [-0.4, -0.2) is 11.2 Å². The van der Waals surface area contributed by atoms with Gasteiger partial charge in [-0.2, -0.15) is 5.26 Å². The number of hydrogen-bond donors (Lipinski definition) is 1. The Morgan fingerprint density at radius 3 is 1.95 bits per heavy atom. The highest BCUT2D eigenvalue weighted by Crippen LogP contribution is 2.19. The van der Waals surface area contributed by atoms with Crippen LogP contribution in [0.25, 0.3) is 0 Å². The Morgan fingerprint density at radius 2 is 1.33 bits per heavy atom. The molecule has 0 spiro atoms. The molecule has 0 aromatic rings. The van der Waals surface area contributed by atoms with Gasteiger partial charge in [-0.05, 0) is 25.2 Å². The minimum absolute atomic E-state index is 0.111. The molecule has 1 N–H and O–H groups in total. The van der Waals surface area contributed by atoms with Crippen molar-refractivity contribution in [3.63, 3.8) is 0 Å². The number of aliphatic hydroxyl groups is 1. The van der Waals surface area contributed by atoms with E-state index in [1.807, 2.05) is 0 Å². The zero-order valence-corrected chi connectivity index (χ0v) is 14.4.